The van der Waals surface area contributed by atoms with Gasteiger partial charge in [-0.3, -0.25) is 18.5 Å². The number of hydrogen-bond acceptors (Lipinski definition) is 6. The molecule has 3 atom stereocenters. The van der Waals surface area contributed by atoms with Crippen molar-refractivity contribution in [2.75, 3.05) is 12.9 Å². The van der Waals surface area contributed by atoms with Crippen molar-refractivity contribution >= 4 is 43.7 Å². The van der Waals surface area contributed by atoms with Gasteiger partial charge >= 0.3 is 5.69 Å². The molecule has 1 aromatic heterocycles. The van der Waals surface area contributed by atoms with Gasteiger partial charge in [0.05, 0.1) is 23.8 Å². The zero-order chi connectivity index (χ0) is 17.2. The zero-order valence-electron chi connectivity index (χ0n) is 11.9. The van der Waals surface area contributed by atoms with E-state index in [1.807, 2.05) is 0 Å². The average molecular weight is 430 g/mol. The number of alkyl halides is 1. The summed E-state index contributed by atoms with van der Waals surface area (Å²) >= 11 is 9.19. The number of hydrogen-bond donors (Lipinski definition) is 1. The Morgan fingerprint density at radius 2 is 2.26 bits per heavy atom. The molecular weight excluding hydrogens is 416 g/mol. The molecule has 2 heterocycles. The number of halogens is 2. The zero-order valence-corrected chi connectivity index (χ0v) is 15.1. The van der Waals surface area contributed by atoms with Crippen molar-refractivity contribution in [2.24, 2.45) is 0 Å². The van der Waals surface area contributed by atoms with Crippen LogP contribution in [0, 0.1) is 0 Å². The first-order chi connectivity index (χ1) is 10.7. The summed E-state index contributed by atoms with van der Waals surface area (Å²) in [6, 6.07) is 0. The molecule has 0 saturated carbocycles. The summed E-state index contributed by atoms with van der Waals surface area (Å²) in [5.74, 6) is 0. The summed E-state index contributed by atoms with van der Waals surface area (Å²) in [4.78, 5) is 27.2. The van der Waals surface area contributed by atoms with Gasteiger partial charge in [0.1, 0.15) is 12.3 Å². The summed E-state index contributed by atoms with van der Waals surface area (Å²) in [7, 11) is -3.61. The van der Waals surface area contributed by atoms with Gasteiger partial charge in [-0.05, 0) is 11.1 Å². The molecule has 1 aliphatic heterocycles. The molecule has 0 radical (unpaired) electrons. The van der Waals surface area contributed by atoms with Gasteiger partial charge in [0.15, 0.2) is 0 Å². The van der Waals surface area contributed by atoms with E-state index in [4.69, 9.17) is 16.3 Å². The molecule has 1 N–H and O–H groups in total. The summed E-state index contributed by atoms with van der Waals surface area (Å²) < 4.78 is 33.5. The molecule has 0 spiro atoms. The molecule has 1 fully saturated rings. The molecule has 1 aliphatic rings. The van der Waals surface area contributed by atoms with Crippen LogP contribution >= 0.6 is 27.5 Å². The summed E-state index contributed by atoms with van der Waals surface area (Å²) in [6.45, 7) is -0.240. The summed E-state index contributed by atoms with van der Waals surface area (Å²) in [6.07, 6.45) is 2.61. The minimum atomic E-state index is -3.61. The van der Waals surface area contributed by atoms with Crippen LogP contribution in [0.25, 0.3) is 6.08 Å². The lowest BCUT2D eigenvalue weighted by molar-refractivity contribution is -0.0183. The van der Waals surface area contributed by atoms with Crippen LogP contribution in [0.4, 0.5) is 0 Å². The molecule has 11 heteroatoms. The summed E-state index contributed by atoms with van der Waals surface area (Å²) in [5, 5.41) is -0.532. The van der Waals surface area contributed by atoms with Crippen molar-refractivity contribution in [1.82, 2.24) is 9.55 Å². The first-order valence-electron chi connectivity index (χ1n) is 6.47. The SMILES string of the molecule is CS(=O)(=O)OC[C@H]1O[C@@H](n2cc(/C=C/Br)c(=O)[nH]c2=O)C[C@@H]1Cl. The second-order valence-electron chi connectivity index (χ2n) is 4.91. The number of aromatic amines is 1. The molecule has 0 bridgehead atoms. The molecule has 0 aliphatic carbocycles. The molecule has 1 aromatic rings. The minimum Gasteiger partial charge on any atom is -0.351 e. The van der Waals surface area contributed by atoms with Gasteiger partial charge < -0.3 is 4.74 Å². The van der Waals surface area contributed by atoms with E-state index in [0.717, 1.165) is 6.26 Å². The fourth-order valence-electron chi connectivity index (χ4n) is 2.10. The summed E-state index contributed by atoms with van der Waals surface area (Å²) in [5.41, 5.74) is -0.911. The van der Waals surface area contributed by atoms with Crippen molar-refractivity contribution in [2.45, 2.75) is 24.1 Å². The van der Waals surface area contributed by atoms with E-state index in [1.54, 1.807) is 0 Å². The molecule has 0 aromatic carbocycles. The minimum absolute atomic E-state index is 0.240. The lowest BCUT2D eigenvalue weighted by Crippen LogP contribution is -2.33. The van der Waals surface area contributed by atoms with Crippen LogP contribution in [0.1, 0.15) is 18.2 Å². The van der Waals surface area contributed by atoms with Gasteiger partial charge in [-0.15, -0.1) is 11.6 Å². The Labute approximate surface area is 145 Å². The van der Waals surface area contributed by atoms with E-state index in [-0.39, 0.29) is 18.6 Å². The van der Waals surface area contributed by atoms with Crippen LogP contribution in [0.5, 0.6) is 0 Å². The molecule has 1 saturated heterocycles. The lowest BCUT2D eigenvalue weighted by atomic mass is 10.2. The second-order valence-corrected chi connectivity index (χ2v) is 7.65. The van der Waals surface area contributed by atoms with E-state index >= 15 is 0 Å². The second kappa shape index (κ2) is 7.31. The Balaban J connectivity index is 2.22. The first-order valence-corrected chi connectivity index (χ1v) is 9.64. The monoisotopic (exact) mass is 428 g/mol. The van der Waals surface area contributed by atoms with Crippen LogP contribution in [-0.4, -0.2) is 42.3 Å². The van der Waals surface area contributed by atoms with Gasteiger partial charge in [-0.2, -0.15) is 8.42 Å². The van der Waals surface area contributed by atoms with Gasteiger partial charge in [-0.25, -0.2) is 4.79 Å². The Morgan fingerprint density at radius 3 is 2.87 bits per heavy atom. The number of nitrogens with zero attached hydrogens (tertiary/aromatic N) is 1. The van der Waals surface area contributed by atoms with E-state index in [2.05, 4.69) is 25.1 Å². The highest BCUT2D eigenvalue weighted by molar-refractivity contribution is 9.11. The van der Waals surface area contributed by atoms with Gasteiger partial charge in [-0.1, -0.05) is 15.9 Å². The van der Waals surface area contributed by atoms with E-state index in [0.29, 0.717) is 0 Å². The Kier molecular flexibility index (Phi) is 5.84. The van der Waals surface area contributed by atoms with Crippen molar-refractivity contribution in [3.05, 3.63) is 37.6 Å². The number of ether oxygens (including phenoxy) is 1. The van der Waals surface area contributed by atoms with E-state index in [1.165, 1.54) is 21.8 Å². The Bertz CT molecular complexity index is 818. The van der Waals surface area contributed by atoms with Crippen LogP contribution in [0.15, 0.2) is 20.8 Å². The third-order valence-corrected chi connectivity index (χ3v) is 4.44. The van der Waals surface area contributed by atoms with Crippen molar-refractivity contribution in [3.63, 3.8) is 0 Å². The molecule has 0 unspecified atom stereocenters. The van der Waals surface area contributed by atoms with Crippen molar-refractivity contribution in [3.8, 4) is 0 Å². The Hall–Kier alpha value is -0.940. The van der Waals surface area contributed by atoms with Gasteiger partial charge in [0, 0.05) is 12.6 Å². The predicted molar refractivity (Wildman–Crippen MR) is 88.2 cm³/mol. The maximum Gasteiger partial charge on any atom is 0.330 e. The fourth-order valence-corrected chi connectivity index (χ4v) is 3.05. The average Bonchev–Trinajstić information content (AvgIpc) is 2.80. The molecule has 128 valence electrons. The number of rotatable bonds is 5. The normalized spacial score (nSPS) is 25.3. The highest BCUT2D eigenvalue weighted by Gasteiger charge is 2.36. The molecule has 8 nitrogen and oxygen atoms in total. The van der Waals surface area contributed by atoms with Crippen molar-refractivity contribution in [1.29, 1.82) is 0 Å². The highest BCUT2D eigenvalue weighted by atomic mass is 79.9. The van der Waals surface area contributed by atoms with Crippen LogP contribution < -0.4 is 11.2 Å². The molecule has 2 rings (SSSR count). The standard InChI is InChI=1S/C12H14BrClN2O6S/c1-23(19,20)21-6-9-8(14)4-10(22-9)16-5-7(2-3-13)11(17)15-12(16)18/h2-3,5,8-10H,4,6H2,1H3,(H,15,17,18)/b3-2+/t8-,9+,10+/m0/s1. The Morgan fingerprint density at radius 1 is 1.57 bits per heavy atom. The smallest absolute Gasteiger partial charge is 0.330 e. The van der Waals surface area contributed by atoms with Gasteiger partial charge in [0.25, 0.3) is 15.7 Å². The van der Waals surface area contributed by atoms with Crippen LogP contribution in [0.2, 0.25) is 0 Å². The molecule has 0 amide bonds. The topological polar surface area (TPSA) is 107 Å². The third kappa shape index (κ3) is 4.77. The first kappa shape index (κ1) is 18.4. The number of aromatic nitrogens is 2. The maximum atomic E-state index is 11.9. The molecular formula is C12H14BrClN2O6S. The van der Waals surface area contributed by atoms with Crippen LogP contribution in [0.3, 0.4) is 0 Å². The quantitative estimate of drug-likeness (QED) is 0.547. The highest BCUT2D eigenvalue weighted by Crippen LogP contribution is 2.31. The van der Waals surface area contributed by atoms with Crippen molar-refractivity contribution < 1.29 is 17.3 Å². The number of nitrogens with one attached hydrogen (secondary N) is 1. The van der Waals surface area contributed by atoms with E-state index in [9.17, 15) is 18.0 Å². The largest absolute Gasteiger partial charge is 0.351 e. The predicted octanol–water partition coefficient (Wildman–Crippen LogP) is 0.773. The number of H-pyrrole nitrogens is 1. The molecule has 23 heavy (non-hydrogen) atoms. The van der Waals surface area contributed by atoms with Crippen LogP contribution in [-0.2, 0) is 19.0 Å². The lowest BCUT2D eigenvalue weighted by Gasteiger charge is -2.16. The van der Waals surface area contributed by atoms with Gasteiger partial charge in [0.2, 0.25) is 0 Å². The maximum absolute atomic E-state index is 11.9. The fraction of sp³-hybridized carbons (Fsp3) is 0.500. The van der Waals surface area contributed by atoms with E-state index < -0.39 is 39.1 Å². The third-order valence-electron chi connectivity index (χ3n) is 3.16.